The van der Waals surface area contributed by atoms with Crippen LogP contribution in [0.1, 0.15) is 45.4 Å². The van der Waals surface area contributed by atoms with E-state index in [4.69, 9.17) is 10.5 Å². The Morgan fingerprint density at radius 2 is 2.11 bits per heavy atom. The van der Waals surface area contributed by atoms with Gasteiger partial charge in [-0.05, 0) is 42.3 Å². The predicted octanol–water partition coefficient (Wildman–Crippen LogP) is 2.81. The Bertz CT molecular complexity index is 1430. The molecule has 0 radical (unpaired) electrons. The van der Waals surface area contributed by atoms with E-state index in [0.717, 1.165) is 6.07 Å². The van der Waals surface area contributed by atoms with E-state index in [1.807, 2.05) is 6.92 Å². The average Bonchev–Trinajstić information content (AvgIpc) is 3.44. The third-order valence-corrected chi connectivity index (χ3v) is 6.09. The topological polar surface area (TPSA) is 125 Å². The van der Waals surface area contributed by atoms with Crippen molar-refractivity contribution in [2.45, 2.75) is 26.3 Å². The van der Waals surface area contributed by atoms with Crippen LogP contribution in [0.5, 0.6) is 0 Å². The van der Waals surface area contributed by atoms with Crippen molar-refractivity contribution in [2.24, 2.45) is 17.8 Å². The van der Waals surface area contributed by atoms with Crippen molar-refractivity contribution < 1.29 is 27.3 Å². The van der Waals surface area contributed by atoms with Crippen LogP contribution >= 0.6 is 0 Å². The number of alkyl halides is 3. The summed E-state index contributed by atoms with van der Waals surface area (Å²) < 4.78 is 48.6. The highest BCUT2D eigenvalue weighted by Gasteiger charge is 2.41. The number of aromatic amines is 1. The number of fused-ring (bicyclic) bond motifs is 1. The van der Waals surface area contributed by atoms with Gasteiger partial charge < -0.3 is 15.8 Å². The van der Waals surface area contributed by atoms with Crippen molar-refractivity contribution in [1.82, 2.24) is 15.2 Å². The number of allylic oxidation sites excluding steroid dienone is 1. The Morgan fingerprint density at radius 3 is 2.68 bits per heavy atom. The number of aliphatic imine (C=N–C) groups is 1. The number of aryl methyl sites for hydroxylation is 1. The fraction of sp³-hybridized carbons (Fsp3) is 0.320. The Morgan fingerprint density at radius 1 is 1.34 bits per heavy atom. The van der Waals surface area contributed by atoms with Crippen LogP contribution in [0.25, 0.3) is 5.57 Å². The molecule has 4 rings (SSSR count). The van der Waals surface area contributed by atoms with E-state index in [1.54, 1.807) is 37.1 Å². The summed E-state index contributed by atoms with van der Waals surface area (Å²) in [7, 11) is 4.76. The average molecular weight is 530 g/mol. The van der Waals surface area contributed by atoms with Gasteiger partial charge in [0.2, 0.25) is 0 Å². The first kappa shape index (κ1) is 26.8. The molecule has 10 nitrogen and oxygen atoms in total. The van der Waals surface area contributed by atoms with Gasteiger partial charge in [-0.15, -0.1) is 5.10 Å². The quantitative estimate of drug-likeness (QED) is 0.304. The summed E-state index contributed by atoms with van der Waals surface area (Å²) in [5.41, 5.74) is 6.79. The number of anilines is 2. The van der Waals surface area contributed by atoms with Gasteiger partial charge in [0.1, 0.15) is 11.6 Å². The maximum atomic E-state index is 14.0. The number of aromatic nitrogens is 4. The van der Waals surface area contributed by atoms with Gasteiger partial charge in [-0.3, -0.25) is 14.7 Å². The number of benzene rings is 1. The molecule has 13 heteroatoms. The molecular weight excluding hydrogens is 501 g/mol. The van der Waals surface area contributed by atoms with Crippen LogP contribution < -0.4 is 20.5 Å². The first-order chi connectivity index (χ1) is 18.1. The highest BCUT2D eigenvalue weighted by Crippen LogP contribution is 2.39. The lowest BCUT2D eigenvalue weighted by Crippen LogP contribution is -2.32. The third-order valence-electron chi connectivity index (χ3n) is 6.09. The summed E-state index contributed by atoms with van der Waals surface area (Å²) >= 11 is 0. The highest BCUT2D eigenvalue weighted by molar-refractivity contribution is 6.31. The molecule has 1 aliphatic heterocycles. The second-order valence-electron chi connectivity index (χ2n) is 8.59. The summed E-state index contributed by atoms with van der Waals surface area (Å²) in [6.45, 7) is 2.06. The number of carbonyl (C=O) groups is 1. The van der Waals surface area contributed by atoms with Gasteiger partial charge in [0.25, 0.3) is 18.1 Å². The van der Waals surface area contributed by atoms with Gasteiger partial charge in [0.15, 0.2) is 0 Å². The number of halogens is 3. The van der Waals surface area contributed by atoms with Gasteiger partial charge in [0.05, 0.1) is 37.0 Å². The van der Waals surface area contributed by atoms with Gasteiger partial charge >= 0.3 is 6.18 Å². The molecule has 0 aliphatic carbocycles. The van der Waals surface area contributed by atoms with Crippen LogP contribution in [0.3, 0.4) is 0 Å². The molecule has 1 amide bonds. The largest absolute Gasteiger partial charge is 0.416 e. The highest BCUT2D eigenvalue weighted by atomic mass is 19.4. The third kappa shape index (κ3) is 4.96. The lowest BCUT2D eigenvalue weighted by Gasteiger charge is -2.19. The number of rotatable bonds is 8. The first-order valence-corrected chi connectivity index (χ1v) is 11.7. The SMILES string of the molecule is CCNc1cc(C(=NC)/C(=C\N)c2[nH]nc[n+]2C)cc(N2Cc3c(cc(COC)cc3C(F)(F)F)C2=O)n1. The predicted molar refractivity (Wildman–Crippen MR) is 135 cm³/mol. The van der Waals surface area contributed by atoms with E-state index in [1.165, 1.54) is 24.3 Å². The first-order valence-electron chi connectivity index (χ1n) is 11.7. The van der Waals surface area contributed by atoms with E-state index in [-0.39, 0.29) is 35.7 Å². The van der Waals surface area contributed by atoms with Gasteiger partial charge in [-0.1, -0.05) is 0 Å². The van der Waals surface area contributed by atoms with E-state index in [0.29, 0.717) is 35.0 Å². The second kappa shape index (κ2) is 10.6. The molecule has 0 spiro atoms. The van der Waals surface area contributed by atoms with E-state index >= 15 is 0 Å². The Hall–Kier alpha value is -4.26. The number of carbonyl (C=O) groups excluding carboxylic acids is 1. The number of methoxy groups -OCH3 is 1. The summed E-state index contributed by atoms with van der Waals surface area (Å²) in [5.74, 6) is 0.598. The van der Waals surface area contributed by atoms with Crippen LogP contribution in [0.4, 0.5) is 24.8 Å². The molecule has 0 atom stereocenters. The number of ether oxygens (including phenoxy) is 1. The minimum atomic E-state index is -4.64. The standard InChI is InChI=1S/C25H27F3N8O2/c1-5-31-20-8-15(22(30-2)17(10-29)23-34-32-13-35(23)3)9-21(33-20)36-11-18-16(24(36)37)6-14(12-38-4)7-19(18)25(26,27)28/h6-10,13H,5,11-12H2,1-4H3,(H3,29,30,31,33,34)/p+1. The van der Waals surface area contributed by atoms with Crippen LogP contribution in [0.15, 0.2) is 41.8 Å². The van der Waals surface area contributed by atoms with Crippen molar-refractivity contribution >= 4 is 28.8 Å². The smallest absolute Gasteiger partial charge is 0.404 e. The number of H-pyrrole nitrogens is 1. The summed E-state index contributed by atoms with van der Waals surface area (Å²) in [4.78, 5) is 23.6. The Labute approximate surface area is 217 Å². The Balaban J connectivity index is 1.82. The summed E-state index contributed by atoms with van der Waals surface area (Å²) in [5, 5.41) is 10.0. The zero-order valence-electron chi connectivity index (χ0n) is 21.3. The van der Waals surface area contributed by atoms with Gasteiger partial charge in [-0.2, -0.15) is 13.2 Å². The van der Waals surface area contributed by atoms with Gasteiger partial charge in [0, 0.05) is 43.1 Å². The molecule has 1 aromatic carbocycles. The number of nitrogens with one attached hydrogen (secondary N) is 2. The van der Waals surface area contributed by atoms with Crippen molar-refractivity contribution in [3.8, 4) is 0 Å². The van der Waals surface area contributed by atoms with Crippen molar-refractivity contribution in [1.29, 1.82) is 0 Å². The summed E-state index contributed by atoms with van der Waals surface area (Å²) in [6.07, 6.45) is -1.69. The van der Waals surface area contributed by atoms with E-state index in [2.05, 4.69) is 25.5 Å². The van der Waals surface area contributed by atoms with Crippen molar-refractivity contribution in [3.63, 3.8) is 0 Å². The number of nitrogens with two attached hydrogens (primary N) is 1. The fourth-order valence-electron chi connectivity index (χ4n) is 4.46. The van der Waals surface area contributed by atoms with Crippen LogP contribution in [0.2, 0.25) is 0 Å². The molecule has 0 unspecified atom stereocenters. The minimum Gasteiger partial charge on any atom is -0.404 e. The fourth-order valence-corrected chi connectivity index (χ4v) is 4.46. The number of hydrogen-bond acceptors (Lipinski definition) is 7. The molecule has 4 N–H and O–H groups in total. The second-order valence-corrected chi connectivity index (χ2v) is 8.59. The zero-order chi connectivity index (χ0) is 27.6. The minimum absolute atomic E-state index is 0.0273. The van der Waals surface area contributed by atoms with E-state index in [9.17, 15) is 18.0 Å². The number of hydrogen-bond donors (Lipinski definition) is 3. The molecule has 2 aromatic heterocycles. The number of nitrogens with zero attached hydrogens (tertiary/aromatic N) is 5. The lowest BCUT2D eigenvalue weighted by molar-refractivity contribution is -0.673. The molecule has 0 saturated heterocycles. The molecule has 200 valence electrons. The Kier molecular flexibility index (Phi) is 7.49. The maximum Gasteiger partial charge on any atom is 0.416 e. The molecule has 0 fully saturated rings. The summed E-state index contributed by atoms with van der Waals surface area (Å²) in [6, 6.07) is 5.81. The molecule has 0 saturated carbocycles. The zero-order valence-corrected chi connectivity index (χ0v) is 21.3. The number of pyridine rings is 1. The lowest BCUT2D eigenvalue weighted by atomic mass is 9.99. The van der Waals surface area contributed by atoms with Crippen molar-refractivity contribution in [3.05, 3.63) is 70.4 Å². The monoisotopic (exact) mass is 529 g/mol. The van der Waals surface area contributed by atoms with Crippen LogP contribution in [-0.4, -0.2) is 47.5 Å². The van der Waals surface area contributed by atoms with Crippen LogP contribution in [-0.2, 0) is 31.1 Å². The molecule has 3 heterocycles. The molecule has 3 aromatic rings. The number of amides is 1. The van der Waals surface area contributed by atoms with Gasteiger partial charge in [-0.25, -0.2) is 9.55 Å². The normalized spacial score (nSPS) is 14.3. The molecular formula is C25H28F3N8O2+. The van der Waals surface area contributed by atoms with Crippen LogP contribution in [0, 0.1) is 0 Å². The maximum absolute atomic E-state index is 14.0. The molecule has 0 bridgehead atoms. The molecule has 1 aliphatic rings. The van der Waals surface area contributed by atoms with Crippen molar-refractivity contribution in [2.75, 3.05) is 30.9 Å². The van der Waals surface area contributed by atoms with E-state index < -0.39 is 17.6 Å². The molecule has 38 heavy (non-hydrogen) atoms.